The summed E-state index contributed by atoms with van der Waals surface area (Å²) >= 11 is 0. The molecule has 1 saturated carbocycles. The third kappa shape index (κ3) is 4.75. The topological polar surface area (TPSA) is 56.7 Å². The molecule has 5 aromatic rings. The van der Waals surface area contributed by atoms with E-state index in [1.807, 2.05) is 36.4 Å². The summed E-state index contributed by atoms with van der Waals surface area (Å²) in [6.45, 7) is 0.465. The molecule has 2 N–H and O–H groups in total. The Morgan fingerprint density at radius 3 is 2.30 bits per heavy atom. The number of primary amides is 1. The van der Waals surface area contributed by atoms with Crippen LogP contribution in [0.5, 0.6) is 5.75 Å². The minimum Gasteiger partial charge on any atom is -0.487 e. The molecular formula is C33H30N2O2. The van der Waals surface area contributed by atoms with Crippen molar-refractivity contribution in [1.29, 1.82) is 0 Å². The Kier molecular flexibility index (Phi) is 6.23. The van der Waals surface area contributed by atoms with Crippen LogP contribution in [0.1, 0.15) is 46.7 Å². The maximum absolute atomic E-state index is 12.3. The molecule has 0 unspecified atom stereocenters. The third-order valence-electron chi connectivity index (χ3n) is 7.20. The first-order valence-electron chi connectivity index (χ1n) is 12.9. The number of nitrogens with two attached hydrogens (primary N) is 1. The number of amides is 1. The molecule has 1 amide bonds. The number of aromatic nitrogens is 1. The fourth-order valence-corrected chi connectivity index (χ4v) is 5.43. The van der Waals surface area contributed by atoms with Gasteiger partial charge in [-0.05, 0) is 64.3 Å². The van der Waals surface area contributed by atoms with Crippen LogP contribution in [-0.4, -0.2) is 10.3 Å². The quantitative estimate of drug-likeness (QED) is 0.253. The van der Waals surface area contributed by atoms with E-state index in [9.17, 15) is 4.79 Å². The lowest BCUT2D eigenvalue weighted by atomic mass is 9.93. The lowest BCUT2D eigenvalue weighted by molar-refractivity contribution is -0.117. The van der Waals surface area contributed by atoms with Gasteiger partial charge in [-0.1, -0.05) is 84.9 Å². The van der Waals surface area contributed by atoms with Crippen molar-refractivity contribution in [3.8, 4) is 16.9 Å². The number of carbonyl (C=O) groups excluding carboxylic acids is 1. The van der Waals surface area contributed by atoms with Crippen LogP contribution >= 0.6 is 0 Å². The predicted octanol–water partition coefficient (Wildman–Crippen LogP) is 6.68. The highest BCUT2D eigenvalue weighted by Crippen LogP contribution is 2.47. The van der Waals surface area contributed by atoms with Gasteiger partial charge < -0.3 is 14.9 Å². The average molecular weight is 487 g/mol. The number of hydrogen-bond acceptors (Lipinski definition) is 2. The zero-order valence-electron chi connectivity index (χ0n) is 20.8. The van der Waals surface area contributed by atoms with Crippen molar-refractivity contribution in [2.75, 3.05) is 0 Å². The van der Waals surface area contributed by atoms with Gasteiger partial charge >= 0.3 is 0 Å². The summed E-state index contributed by atoms with van der Waals surface area (Å²) in [6.07, 6.45) is 5.34. The summed E-state index contributed by atoms with van der Waals surface area (Å²) < 4.78 is 8.61. The van der Waals surface area contributed by atoms with E-state index >= 15 is 0 Å². The Hall–Kier alpha value is -4.31. The molecule has 1 fully saturated rings. The first-order valence-corrected chi connectivity index (χ1v) is 12.9. The van der Waals surface area contributed by atoms with Crippen LogP contribution in [0.2, 0.25) is 0 Å². The number of hydrogen-bond donors (Lipinski definition) is 1. The van der Waals surface area contributed by atoms with Gasteiger partial charge in [0.05, 0.1) is 11.9 Å². The molecule has 4 nitrogen and oxygen atoms in total. The monoisotopic (exact) mass is 486 g/mol. The maximum atomic E-state index is 12.3. The highest BCUT2D eigenvalue weighted by molar-refractivity contribution is 5.83. The van der Waals surface area contributed by atoms with Crippen LogP contribution in [0.15, 0.2) is 103 Å². The Balaban J connectivity index is 1.49. The smallest absolute Gasteiger partial charge is 0.221 e. The molecular weight excluding hydrogens is 456 g/mol. The molecule has 3 aromatic carbocycles. The Bertz CT molecular complexity index is 1550. The second kappa shape index (κ2) is 9.98. The minimum absolute atomic E-state index is 0.210. The van der Waals surface area contributed by atoms with E-state index in [0.29, 0.717) is 12.5 Å². The first kappa shape index (κ1) is 23.1. The average Bonchev–Trinajstić information content (AvgIpc) is 3.73. The van der Waals surface area contributed by atoms with Crippen LogP contribution in [-0.2, 0) is 24.2 Å². The lowest BCUT2D eigenvalue weighted by Crippen LogP contribution is -2.14. The lowest BCUT2D eigenvalue weighted by Gasteiger charge is -2.13. The largest absolute Gasteiger partial charge is 0.487 e. The maximum Gasteiger partial charge on any atom is 0.221 e. The molecule has 1 aliphatic rings. The summed E-state index contributed by atoms with van der Waals surface area (Å²) in [5.74, 6) is 0.922. The highest BCUT2D eigenvalue weighted by atomic mass is 16.5. The van der Waals surface area contributed by atoms with Gasteiger partial charge in [0, 0.05) is 18.3 Å². The summed E-state index contributed by atoms with van der Waals surface area (Å²) in [5, 5.41) is 0. The van der Waals surface area contributed by atoms with Crippen molar-refractivity contribution in [3.63, 3.8) is 0 Å². The zero-order valence-corrected chi connectivity index (χ0v) is 20.8. The van der Waals surface area contributed by atoms with Crippen LogP contribution in [0.4, 0.5) is 0 Å². The van der Waals surface area contributed by atoms with Crippen molar-refractivity contribution in [2.24, 2.45) is 5.73 Å². The van der Waals surface area contributed by atoms with E-state index < -0.39 is 0 Å². The molecule has 0 aliphatic heterocycles. The summed E-state index contributed by atoms with van der Waals surface area (Å²) in [7, 11) is 0. The van der Waals surface area contributed by atoms with Crippen molar-refractivity contribution in [3.05, 3.63) is 131 Å². The van der Waals surface area contributed by atoms with E-state index in [1.54, 1.807) is 0 Å². The van der Waals surface area contributed by atoms with E-state index in [0.717, 1.165) is 41.7 Å². The van der Waals surface area contributed by atoms with Gasteiger partial charge in [0.2, 0.25) is 5.91 Å². The van der Waals surface area contributed by atoms with E-state index in [-0.39, 0.29) is 12.3 Å². The SMILES string of the molecule is NC(=O)Cc1c(C2CC2)c(Cc2ccccc2-c2ccccc2)n2cccc(OCc3ccccc3)c12. The van der Waals surface area contributed by atoms with Crippen LogP contribution in [0.25, 0.3) is 16.6 Å². The Morgan fingerprint density at radius 1 is 0.865 bits per heavy atom. The number of pyridine rings is 1. The van der Waals surface area contributed by atoms with E-state index in [4.69, 9.17) is 10.5 Å². The number of benzene rings is 3. The molecule has 184 valence electrons. The normalized spacial score (nSPS) is 13.1. The summed E-state index contributed by atoms with van der Waals surface area (Å²) in [5.41, 5.74) is 15.1. The standard InChI is InChI=1S/C33H30N2O2/c34-31(36)21-28-32(25-17-18-25)29(20-26-14-7-8-15-27(26)24-12-5-2-6-13-24)35-19-9-16-30(33(28)35)37-22-23-10-3-1-4-11-23/h1-16,19,25H,17-18,20-22H2,(H2,34,36). The number of fused-ring (bicyclic) bond motifs is 1. The third-order valence-corrected chi connectivity index (χ3v) is 7.20. The van der Waals surface area contributed by atoms with Gasteiger partial charge in [0.15, 0.2) is 0 Å². The van der Waals surface area contributed by atoms with Crippen molar-refractivity contribution < 1.29 is 9.53 Å². The van der Waals surface area contributed by atoms with Crippen molar-refractivity contribution in [2.45, 2.75) is 38.2 Å². The van der Waals surface area contributed by atoms with Crippen LogP contribution < -0.4 is 10.5 Å². The molecule has 0 bridgehead atoms. The number of ether oxygens (including phenoxy) is 1. The molecule has 0 radical (unpaired) electrons. The molecule has 0 spiro atoms. The van der Waals surface area contributed by atoms with Gasteiger partial charge in [-0.3, -0.25) is 4.79 Å². The molecule has 37 heavy (non-hydrogen) atoms. The molecule has 2 aromatic heterocycles. The molecule has 2 heterocycles. The summed E-state index contributed by atoms with van der Waals surface area (Å²) in [6, 6.07) is 33.3. The Labute approximate surface area is 217 Å². The van der Waals surface area contributed by atoms with Gasteiger partial charge in [-0.25, -0.2) is 0 Å². The number of rotatable bonds is 9. The fourth-order valence-electron chi connectivity index (χ4n) is 5.43. The van der Waals surface area contributed by atoms with Crippen molar-refractivity contribution in [1.82, 2.24) is 4.40 Å². The fraction of sp³-hybridized carbons (Fsp3) is 0.182. The van der Waals surface area contributed by atoms with Crippen molar-refractivity contribution >= 4 is 11.4 Å². The first-order chi connectivity index (χ1) is 18.2. The van der Waals surface area contributed by atoms with Gasteiger partial charge in [-0.15, -0.1) is 0 Å². The van der Waals surface area contributed by atoms with Gasteiger partial charge in [0.25, 0.3) is 0 Å². The molecule has 4 heteroatoms. The Morgan fingerprint density at radius 2 is 1.57 bits per heavy atom. The molecule has 1 aliphatic carbocycles. The number of carbonyl (C=O) groups is 1. The second-order valence-electron chi connectivity index (χ2n) is 9.82. The molecule has 6 rings (SSSR count). The number of nitrogens with zero attached hydrogens (tertiary/aromatic N) is 1. The highest BCUT2D eigenvalue weighted by Gasteiger charge is 2.33. The van der Waals surface area contributed by atoms with Gasteiger partial charge in [-0.2, -0.15) is 0 Å². The molecule has 0 atom stereocenters. The summed E-state index contributed by atoms with van der Waals surface area (Å²) in [4.78, 5) is 12.3. The minimum atomic E-state index is -0.316. The van der Waals surface area contributed by atoms with Gasteiger partial charge in [0.1, 0.15) is 12.4 Å². The second-order valence-corrected chi connectivity index (χ2v) is 9.82. The van der Waals surface area contributed by atoms with Crippen LogP contribution in [0, 0.1) is 0 Å². The van der Waals surface area contributed by atoms with E-state index in [2.05, 4.69) is 71.3 Å². The zero-order chi connectivity index (χ0) is 25.2. The van der Waals surface area contributed by atoms with E-state index in [1.165, 1.54) is 27.9 Å². The predicted molar refractivity (Wildman–Crippen MR) is 148 cm³/mol. The van der Waals surface area contributed by atoms with Crippen LogP contribution in [0.3, 0.4) is 0 Å². The molecule has 0 saturated heterocycles.